The lowest BCUT2D eigenvalue weighted by atomic mass is 10.1. The summed E-state index contributed by atoms with van der Waals surface area (Å²) >= 11 is 0. The smallest absolute Gasteiger partial charge is 0.338 e. The van der Waals surface area contributed by atoms with Gasteiger partial charge in [0, 0.05) is 0 Å². The van der Waals surface area contributed by atoms with Crippen LogP contribution in [-0.2, 0) is 11.2 Å². The van der Waals surface area contributed by atoms with Gasteiger partial charge in [-0.05, 0) is 36.5 Å². The van der Waals surface area contributed by atoms with Crippen LogP contribution in [0.1, 0.15) is 49.5 Å². The quantitative estimate of drug-likeness (QED) is 0.699. The molecule has 2 nitrogen and oxygen atoms in total. The SMILES string of the molecule is CCCc1ccc(C(=O)OCCC(C)C)cc1. The molecule has 0 fully saturated rings. The first-order chi connectivity index (χ1) is 8.13. The van der Waals surface area contributed by atoms with Gasteiger partial charge in [-0.15, -0.1) is 0 Å². The molecule has 0 aliphatic heterocycles. The first-order valence-corrected chi connectivity index (χ1v) is 6.39. The van der Waals surface area contributed by atoms with E-state index in [9.17, 15) is 4.79 Å². The molecule has 0 aliphatic carbocycles. The maximum atomic E-state index is 11.7. The Bertz CT molecular complexity index is 338. The molecular weight excluding hydrogens is 212 g/mol. The van der Waals surface area contributed by atoms with Crippen molar-refractivity contribution < 1.29 is 9.53 Å². The Labute approximate surface area is 104 Å². The van der Waals surface area contributed by atoms with Gasteiger partial charge >= 0.3 is 5.97 Å². The summed E-state index contributed by atoms with van der Waals surface area (Å²) < 4.78 is 5.20. The molecule has 0 radical (unpaired) electrons. The molecule has 0 saturated heterocycles. The third kappa shape index (κ3) is 5.03. The molecule has 0 atom stereocenters. The Kier molecular flexibility index (Phi) is 5.75. The Morgan fingerprint density at radius 2 is 1.88 bits per heavy atom. The lowest BCUT2D eigenvalue weighted by Gasteiger charge is -2.07. The predicted molar refractivity (Wildman–Crippen MR) is 70.2 cm³/mol. The van der Waals surface area contributed by atoms with Crippen molar-refractivity contribution in [1.82, 2.24) is 0 Å². The molecule has 1 aromatic rings. The normalized spacial score (nSPS) is 10.6. The largest absolute Gasteiger partial charge is 0.462 e. The second-order valence-corrected chi connectivity index (χ2v) is 4.77. The maximum absolute atomic E-state index is 11.7. The number of carbonyl (C=O) groups is 1. The second-order valence-electron chi connectivity index (χ2n) is 4.77. The number of ether oxygens (including phenoxy) is 1. The van der Waals surface area contributed by atoms with E-state index in [1.54, 1.807) is 0 Å². The molecule has 0 amide bonds. The summed E-state index contributed by atoms with van der Waals surface area (Å²) in [6.45, 7) is 6.89. The fourth-order valence-electron chi connectivity index (χ4n) is 1.57. The second kappa shape index (κ2) is 7.10. The van der Waals surface area contributed by atoms with E-state index in [1.165, 1.54) is 5.56 Å². The molecule has 94 valence electrons. The van der Waals surface area contributed by atoms with Gasteiger partial charge in [-0.25, -0.2) is 4.79 Å². The number of hydrogen-bond acceptors (Lipinski definition) is 2. The van der Waals surface area contributed by atoms with Crippen LogP contribution in [0.4, 0.5) is 0 Å². The highest BCUT2D eigenvalue weighted by molar-refractivity contribution is 5.89. The monoisotopic (exact) mass is 234 g/mol. The van der Waals surface area contributed by atoms with Crippen molar-refractivity contribution in [3.63, 3.8) is 0 Å². The van der Waals surface area contributed by atoms with Crippen molar-refractivity contribution in [2.75, 3.05) is 6.61 Å². The zero-order valence-corrected chi connectivity index (χ0v) is 11.0. The average Bonchev–Trinajstić information content (AvgIpc) is 2.30. The first kappa shape index (κ1) is 13.8. The Morgan fingerprint density at radius 3 is 2.41 bits per heavy atom. The van der Waals surface area contributed by atoms with Crippen molar-refractivity contribution in [3.8, 4) is 0 Å². The summed E-state index contributed by atoms with van der Waals surface area (Å²) in [5, 5.41) is 0. The highest BCUT2D eigenvalue weighted by Crippen LogP contribution is 2.08. The van der Waals surface area contributed by atoms with Crippen LogP contribution in [0.25, 0.3) is 0 Å². The summed E-state index contributed by atoms with van der Waals surface area (Å²) in [5.74, 6) is 0.350. The average molecular weight is 234 g/mol. The molecule has 1 rings (SSSR count). The number of esters is 1. The third-order valence-electron chi connectivity index (χ3n) is 2.66. The standard InChI is InChI=1S/C15H22O2/c1-4-5-13-6-8-14(9-7-13)15(16)17-11-10-12(2)3/h6-9,12H,4-5,10-11H2,1-3H3. The van der Waals surface area contributed by atoms with Gasteiger partial charge in [-0.2, -0.15) is 0 Å². The van der Waals surface area contributed by atoms with Gasteiger partial charge in [-0.3, -0.25) is 0 Å². The molecule has 0 heterocycles. The first-order valence-electron chi connectivity index (χ1n) is 6.39. The lowest BCUT2D eigenvalue weighted by molar-refractivity contribution is 0.0488. The van der Waals surface area contributed by atoms with E-state index >= 15 is 0 Å². The van der Waals surface area contributed by atoms with Crippen LogP contribution in [0.2, 0.25) is 0 Å². The van der Waals surface area contributed by atoms with Crippen LogP contribution in [0, 0.1) is 5.92 Å². The molecule has 0 aliphatic rings. The fourth-order valence-corrected chi connectivity index (χ4v) is 1.57. The van der Waals surface area contributed by atoms with Gasteiger partial charge in [0.05, 0.1) is 12.2 Å². The molecule has 0 saturated carbocycles. The lowest BCUT2D eigenvalue weighted by Crippen LogP contribution is -2.08. The van der Waals surface area contributed by atoms with Gasteiger partial charge in [0.15, 0.2) is 0 Å². The molecular formula is C15H22O2. The summed E-state index contributed by atoms with van der Waals surface area (Å²) in [6.07, 6.45) is 3.10. The van der Waals surface area contributed by atoms with Gasteiger partial charge in [0.1, 0.15) is 0 Å². The Balaban J connectivity index is 2.46. The van der Waals surface area contributed by atoms with Gasteiger partial charge in [-0.1, -0.05) is 39.3 Å². The Morgan fingerprint density at radius 1 is 1.24 bits per heavy atom. The van der Waals surface area contributed by atoms with Crippen LogP contribution in [-0.4, -0.2) is 12.6 Å². The fraction of sp³-hybridized carbons (Fsp3) is 0.533. The van der Waals surface area contributed by atoms with Gasteiger partial charge in [0.25, 0.3) is 0 Å². The van der Waals surface area contributed by atoms with Crippen molar-refractivity contribution in [2.45, 2.75) is 40.0 Å². The van der Waals surface area contributed by atoms with Crippen LogP contribution < -0.4 is 0 Å². The number of aryl methyl sites for hydroxylation is 1. The number of benzene rings is 1. The van der Waals surface area contributed by atoms with Crippen molar-refractivity contribution >= 4 is 5.97 Å². The summed E-state index contributed by atoms with van der Waals surface area (Å²) in [4.78, 5) is 11.7. The summed E-state index contributed by atoms with van der Waals surface area (Å²) in [6, 6.07) is 7.70. The molecule has 0 bridgehead atoms. The molecule has 0 spiro atoms. The van der Waals surface area contributed by atoms with E-state index in [1.807, 2.05) is 24.3 Å². The van der Waals surface area contributed by atoms with E-state index in [2.05, 4.69) is 20.8 Å². The van der Waals surface area contributed by atoms with E-state index in [0.717, 1.165) is 19.3 Å². The van der Waals surface area contributed by atoms with Crippen LogP contribution in [0.5, 0.6) is 0 Å². The van der Waals surface area contributed by atoms with Crippen LogP contribution in [0.3, 0.4) is 0 Å². The van der Waals surface area contributed by atoms with E-state index in [0.29, 0.717) is 18.1 Å². The van der Waals surface area contributed by atoms with E-state index in [4.69, 9.17) is 4.74 Å². The van der Waals surface area contributed by atoms with E-state index < -0.39 is 0 Å². The maximum Gasteiger partial charge on any atom is 0.338 e. The topological polar surface area (TPSA) is 26.3 Å². The van der Waals surface area contributed by atoms with E-state index in [-0.39, 0.29) is 5.97 Å². The van der Waals surface area contributed by atoms with Gasteiger partial charge < -0.3 is 4.74 Å². The highest BCUT2D eigenvalue weighted by atomic mass is 16.5. The zero-order chi connectivity index (χ0) is 12.7. The van der Waals surface area contributed by atoms with Crippen molar-refractivity contribution in [2.24, 2.45) is 5.92 Å². The molecule has 2 heteroatoms. The van der Waals surface area contributed by atoms with Crippen LogP contribution >= 0.6 is 0 Å². The summed E-state index contributed by atoms with van der Waals surface area (Å²) in [5.41, 5.74) is 1.92. The number of carbonyl (C=O) groups excluding carboxylic acids is 1. The van der Waals surface area contributed by atoms with Crippen molar-refractivity contribution in [1.29, 1.82) is 0 Å². The van der Waals surface area contributed by atoms with Gasteiger partial charge in [0.2, 0.25) is 0 Å². The molecule has 0 unspecified atom stereocenters. The minimum absolute atomic E-state index is 0.214. The molecule has 1 aromatic carbocycles. The summed E-state index contributed by atoms with van der Waals surface area (Å²) in [7, 11) is 0. The third-order valence-corrected chi connectivity index (χ3v) is 2.66. The predicted octanol–water partition coefficient (Wildman–Crippen LogP) is 3.84. The Hall–Kier alpha value is -1.31. The number of hydrogen-bond donors (Lipinski definition) is 0. The number of rotatable bonds is 6. The van der Waals surface area contributed by atoms with Crippen molar-refractivity contribution in [3.05, 3.63) is 35.4 Å². The minimum Gasteiger partial charge on any atom is -0.462 e. The molecule has 0 aromatic heterocycles. The van der Waals surface area contributed by atoms with Crippen LogP contribution in [0.15, 0.2) is 24.3 Å². The highest BCUT2D eigenvalue weighted by Gasteiger charge is 2.06. The minimum atomic E-state index is -0.214. The molecule has 0 N–H and O–H groups in total. The molecule has 17 heavy (non-hydrogen) atoms. The zero-order valence-electron chi connectivity index (χ0n) is 11.0.